The Morgan fingerprint density at radius 2 is 1.44 bits per heavy atom. The maximum atomic E-state index is 13.3. The van der Waals surface area contributed by atoms with Gasteiger partial charge in [0.15, 0.2) is 0 Å². The minimum absolute atomic E-state index is 0.185. The molecule has 3 aromatic rings. The van der Waals surface area contributed by atoms with Crippen molar-refractivity contribution in [3.63, 3.8) is 0 Å². The van der Waals surface area contributed by atoms with Crippen LogP contribution in [0.3, 0.4) is 0 Å². The number of urea groups is 1. The van der Waals surface area contributed by atoms with Crippen LogP contribution in [0.15, 0.2) is 71.6 Å². The second-order valence-corrected chi connectivity index (χ2v) is 9.05. The van der Waals surface area contributed by atoms with Crippen LogP contribution in [-0.4, -0.2) is 27.2 Å². The molecule has 0 heterocycles. The molecule has 192 valence electrons. The summed E-state index contributed by atoms with van der Waals surface area (Å²) in [5.41, 5.74) is -1.80. The third-order valence-corrected chi connectivity index (χ3v) is 6.03. The van der Waals surface area contributed by atoms with Crippen LogP contribution >= 0.6 is 0 Å². The lowest BCUT2D eigenvalue weighted by atomic mass is 10.0. The van der Waals surface area contributed by atoms with Gasteiger partial charge in [-0.3, -0.25) is 0 Å². The first-order valence-electron chi connectivity index (χ1n) is 9.86. The Morgan fingerprint density at radius 3 is 2.06 bits per heavy atom. The molecule has 0 aromatic heterocycles. The highest BCUT2D eigenvalue weighted by molar-refractivity contribution is 7.89. The molecular formula is C22H16F7N3O3S. The van der Waals surface area contributed by atoms with Gasteiger partial charge in [-0.05, 0) is 35.9 Å². The van der Waals surface area contributed by atoms with Crippen molar-refractivity contribution in [3.05, 3.63) is 78.1 Å². The average Bonchev–Trinajstić information content (AvgIpc) is 2.78. The van der Waals surface area contributed by atoms with E-state index in [1.54, 1.807) is 30.3 Å². The van der Waals surface area contributed by atoms with Crippen LogP contribution in [-0.2, 0) is 16.2 Å². The summed E-state index contributed by atoms with van der Waals surface area (Å²) >= 11 is 0. The maximum absolute atomic E-state index is 13.3. The van der Waals surface area contributed by atoms with Gasteiger partial charge in [0.1, 0.15) is 12.4 Å². The number of halogens is 7. The Labute approximate surface area is 200 Å². The first kappa shape index (κ1) is 26.9. The van der Waals surface area contributed by atoms with Gasteiger partial charge in [0.2, 0.25) is 10.0 Å². The zero-order valence-electron chi connectivity index (χ0n) is 17.8. The summed E-state index contributed by atoms with van der Waals surface area (Å²) in [5.74, 6) is -1.19. The van der Waals surface area contributed by atoms with Crippen molar-refractivity contribution < 1.29 is 43.9 Å². The second kappa shape index (κ2) is 10.1. The van der Waals surface area contributed by atoms with Crippen LogP contribution in [0, 0.1) is 5.82 Å². The summed E-state index contributed by atoms with van der Waals surface area (Å²) in [6.07, 6.45) is -9.83. The molecule has 3 N–H and O–H groups in total. The van der Waals surface area contributed by atoms with E-state index in [1.165, 1.54) is 10.8 Å². The smallest absolute Gasteiger partial charge is 0.307 e. The lowest BCUT2D eigenvalue weighted by Crippen LogP contribution is -2.33. The van der Waals surface area contributed by atoms with Crippen LogP contribution in [0.5, 0.6) is 0 Å². The summed E-state index contributed by atoms with van der Waals surface area (Å²) in [6.45, 7) is -1.84. The minimum atomic E-state index is -5.00. The van der Waals surface area contributed by atoms with Crippen LogP contribution < -0.4 is 15.4 Å². The van der Waals surface area contributed by atoms with Crippen molar-refractivity contribution in [2.75, 3.05) is 17.2 Å². The highest BCUT2D eigenvalue weighted by atomic mass is 32.2. The lowest BCUT2D eigenvalue weighted by Gasteiger charge is -2.17. The SMILES string of the molecule is O=C(Nc1cc(S(=O)(=O)NCC(F)(F)F)ccc1-c1ccccc1)Nc1ccc(F)cc1C(F)(F)F. The molecule has 3 aromatic carbocycles. The quantitative estimate of drug-likeness (QED) is 0.339. The number of benzene rings is 3. The Balaban J connectivity index is 1.97. The third-order valence-electron chi connectivity index (χ3n) is 4.63. The summed E-state index contributed by atoms with van der Waals surface area (Å²) in [4.78, 5) is 11.9. The number of rotatable bonds is 6. The molecular weight excluding hydrogens is 519 g/mol. The van der Waals surface area contributed by atoms with E-state index in [9.17, 15) is 43.9 Å². The van der Waals surface area contributed by atoms with Crippen LogP contribution in [0.4, 0.5) is 46.9 Å². The third kappa shape index (κ3) is 6.95. The van der Waals surface area contributed by atoms with Gasteiger partial charge in [-0.2, -0.15) is 26.3 Å². The van der Waals surface area contributed by atoms with Crippen molar-refractivity contribution in [3.8, 4) is 11.1 Å². The predicted molar refractivity (Wildman–Crippen MR) is 117 cm³/mol. The van der Waals surface area contributed by atoms with E-state index < -0.39 is 56.9 Å². The summed E-state index contributed by atoms with van der Waals surface area (Å²) in [7, 11) is -4.67. The molecule has 0 spiro atoms. The fourth-order valence-electron chi connectivity index (χ4n) is 3.06. The van der Waals surface area contributed by atoms with Gasteiger partial charge in [0.25, 0.3) is 0 Å². The van der Waals surface area contributed by atoms with Crippen molar-refractivity contribution in [1.29, 1.82) is 0 Å². The van der Waals surface area contributed by atoms with E-state index in [-0.39, 0.29) is 17.3 Å². The number of hydrogen-bond acceptors (Lipinski definition) is 3. The van der Waals surface area contributed by atoms with Gasteiger partial charge >= 0.3 is 18.4 Å². The molecule has 3 rings (SSSR count). The number of hydrogen-bond donors (Lipinski definition) is 3. The fraction of sp³-hybridized carbons (Fsp3) is 0.136. The molecule has 0 fully saturated rings. The van der Waals surface area contributed by atoms with E-state index in [0.29, 0.717) is 17.7 Å². The van der Waals surface area contributed by atoms with Crippen molar-refractivity contribution in [2.24, 2.45) is 0 Å². The molecule has 0 unspecified atom stereocenters. The van der Waals surface area contributed by atoms with Crippen molar-refractivity contribution >= 4 is 27.4 Å². The van der Waals surface area contributed by atoms with Gasteiger partial charge < -0.3 is 10.6 Å². The van der Waals surface area contributed by atoms with E-state index >= 15 is 0 Å². The first-order chi connectivity index (χ1) is 16.7. The lowest BCUT2D eigenvalue weighted by molar-refractivity contribution is -0.137. The molecule has 0 aliphatic carbocycles. The number of carbonyl (C=O) groups is 1. The fourth-order valence-corrected chi connectivity index (χ4v) is 4.10. The molecule has 0 radical (unpaired) electrons. The zero-order chi connectivity index (χ0) is 26.7. The Morgan fingerprint density at radius 1 is 0.806 bits per heavy atom. The predicted octanol–water partition coefficient (Wildman–Crippen LogP) is 6.00. The number of amides is 2. The maximum Gasteiger partial charge on any atom is 0.418 e. The number of carbonyl (C=O) groups excluding carboxylic acids is 1. The molecule has 0 saturated heterocycles. The number of nitrogens with one attached hydrogen (secondary N) is 3. The summed E-state index contributed by atoms with van der Waals surface area (Å²) < 4.78 is 117. The minimum Gasteiger partial charge on any atom is -0.307 e. The Bertz CT molecular complexity index is 1360. The molecule has 36 heavy (non-hydrogen) atoms. The summed E-state index contributed by atoms with van der Waals surface area (Å²) in [6, 6.07) is 11.5. The van der Waals surface area contributed by atoms with Gasteiger partial charge in [0.05, 0.1) is 21.8 Å². The van der Waals surface area contributed by atoms with Gasteiger partial charge in [0, 0.05) is 5.56 Å². The van der Waals surface area contributed by atoms with E-state index in [2.05, 4.69) is 5.32 Å². The first-order valence-corrected chi connectivity index (χ1v) is 11.3. The van der Waals surface area contributed by atoms with Crippen LogP contribution in [0.1, 0.15) is 5.56 Å². The Hall–Kier alpha value is -3.65. The zero-order valence-corrected chi connectivity index (χ0v) is 18.7. The molecule has 0 saturated carbocycles. The normalized spacial score (nSPS) is 12.3. The summed E-state index contributed by atoms with van der Waals surface area (Å²) in [5, 5.41) is 4.13. The molecule has 6 nitrogen and oxygen atoms in total. The van der Waals surface area contributed by atoms with Gasteiger partial charge in [-0.1, -0.05) is 36.4 Å². The molecule has 0 atom stereocenters. The number of sulfonamides is 1. The largest absolute Gasteiger partial charge is 0.418 e. The van der Waals surface area contributed by atoms with Gasteiger partial charge in [-0.15, -0.1) is 0 Å². The number of anilines is 2. The van der Waals surface area contributed by atoms with Crippen molar-refractivity contribution in [1.82, 2.24) is 4.72 Å². The van der Waals surface area contributed by atoms with Gasteiger partial charge in [-0.25, -0.2) is 22.3 Å². The Kier molecular flexibility index (Phi) is 7.59. The van der Waals surface area contributed by atoms with E-state index in [1.807, 2.05) is 5.32 Å². The van der Waals surface area contributed by atoms with Crippen molar-refractivity contribution in [2.45, 2.75) is 17.2 Å². The van der Waals surface area contributed by atoms with E-state index in [4.69, 9.17) is 0 Å². The molecule has 14 heteroatoms. The van der Waals surface area contributed by atoms with E-state index in [0.717, 1.165) is 12.1 Å². The molecule has 0 aliphatic rings. The highest BCUT2D eigenvalue weighted by Gasteiger charge is 2.34. The van der Waals surface area contributed by atoms with Crippen LogP contribution in [0.2, 0.25) is 0 Å². The second-order valence-electron chi connectivity index (χ2n) is 7.28. The number of alkyl halides is 6. The monoisotopic (exact) mass is 535 g/mol. The topological polar surface area (TPSA) is 87.3 Å². The standard InChI is InChI=1S/C22H16F7N3O3S/c23-14-6-9-18(17(10-14)22(27,28)29)31-20(33)32-19-11-15(36(34,35)30-12-21(24,25)26)7-8-16(19)13-4-2-1-3-5-13/h1-11,30H,12H2,(H2,31,32,33). The van der Waals surface area contributed by atoms with Crippen LogP contribution in [0.25, 0.3) is 11.1 Å². The highest BCUT2D eigenvalue weighted by Crippen LogP contribution is 2.36. The molecule has 0 aliphatic heterocycles. The molecule has 2 amide bonds. The molecule has 0 bridgehead atoms. The average molecular weight is 535 g/mol.